The van der Waals surface area contributed by atoms with Crippen LogP contribution < -0.4 is 0 Å². The molecule has 2 aliphatic rings. The van der Waals surface area contributed by atoms with Gasteiger partial charge in [0.25, 0.3) is 0 Å². The summed E-state index contributed by atoms with van der Waals surface area (Å²) in [6.45, 7) is 11.8. The van der Waals surface area contributed by atoms with Gasteiger partial charge in [0.05, 0.1) is 0 Å². The van der Waals surface area contributed by atoms with Crippen LogP contribution in [0.3, 0.4) is 0 Å². The lowest BCUT2D eigenvalue weighted by Crippen LogP contribution is -2.25. The second-order valence-electron chi connectivity index (χ2n) is 20.6. The molecule has 0 saturated heterocycles. The number of rotatable bonds is 12. The van der Waals surface area contributed by atoms with Crippen molar-refractivity contribution in [2.45, 2.75) is 103 Å². The summed E-state index contributed by atoms with van der Waals surface area (Å²) in [5.41, 5.74) is 20.8. The molecule has 0 amide bonds. The normalized spacial score (nSPS) is 14.1. The molecule has 0 atom stereocenters. The zero-order valence-electron chi connectivity index (χ0n) is 40.6. The van der Waals surface area contributed by atoms with Gasteiger partial charge in [0.15, 0.2) is 0 Å². The fraction of sp³-hybridized carbons (Fsp3) is 0.235. The molecule has 10 aromatic rings. The highest BCUT2D eigenvalue weighted by Gasteiger charge is 2.42. The smallest absolute Gasteiger partial charge is 0.0215 e. The van der Waals surface area contributed by atoms with E-state index in [1.54, 1.807) is 0 Å². The molecule has 0 spiro atoms. The minimum atomic E-state index is -0.0939. The molecule has 0 N–H and O–H groups in total. The van der Waals surface area contributed by atoms with E-state index in [4.69, 9.17) is 0 Å². The maximum atomic E-state index is 2.62. The van der Waals surface area contributed by atoms with Gasteiger partial charge in [-0.3, -0.25) is 0 Å². The molecule has 0 bridgehead atoms. The predicted octanol–water partition coefficient (Wildman–Crippen LogP) is 19.6. The first kappa shape index (κ1) is 42.6. The monoisotopic (exact) mass is 878 g/mol. The Hall–Kier alpha value is -6.76. The van der Waals surface area contributed by atoms with Crippen LogP contribution in [-0.4, -0.2) is 0 Å². The number of aryl methyl sites for hydroxylation is 1. The quantitative estimate of drug-likeness (QED) is 0.107. The van der Waals surface area contributed by atoms with Crippen LogP contribution in [0.15, 0.2) is 176 Å². The third kappa shape index (κ3) is 6.40. The van der Waals surface area contributed by atoms with Crippen molar-refractivity contribution in [1.82, 2.24) is 0 Å². The van der Waals surface area contributed by atoms with Crippen LogP contribution in [0, 0.1) is 0 Å². The van der Waals surface area contributed by atoms with Crippen molar-refractivity contribution < 1.29 is 0 Å². The first-order chi connectivity index (χ1) is 33.4. The van der Waals surface area contributed by atoms with Crippen molar-refractivity contribution in [2.75, 3.05) is 0 Å². The SMILES string of the molecule is CCCCc1ccc2c(c1)C(C)(C)c1cc(-c3c4ccccc4c(-c4c5ccccc5c(-c5ccc6c(c5)C(CCCC)(CCCC)c5ccccc5-6)c5ccccc45)c4ccccc34)ccc1-2. The van der Waals surface area contributed by atoms with Gasteiger partial charge in [-0.25, -0.2) is 0 Å². The molecule has 0 nitrogen and oxygen atoms in total. The van der Waals surface area contributed by atoms with Gasteiger partial charge in [-0.05, 0) is 164 Å². The van der Waals surface area contributed by atoms with Crippen LogP contribution in [0.25, 0.3) is 98.7 Å². The molecule has 0 fully saturated rings. The first-order valence-corrected chi connectivity index (χ1v) is 25.8. The van der Waals surface area contributed by atoms with E-state index in [1.165, 1.54) is 178 Å². The maximum absolute atomic E-state index is 2.62. The average Bonchev–Trinajstić information content (AvgIpc) is 3.78. The van der Waals surface area contributed by atoms with Gasteiger partial charge >= 0.3 is 0 Å². The first-order valence-electron chi connectivity index (χ1n) is 25.8. The standard InChI is InChI=1S/C68H62/c1-6-9-22-44-33-36-48-49-37-34-45(42-61(49)67(4,5)60(48)41-44)63-51-24-12-16-28-55(51)65(56-29-17-13-25-52(56)63)66-57-30-18-14-26-53(57)64(54-27-15-19-31-58(54)66)46-35-38-50-47-23-20-21-32-59(47)68(39-10-7-2,40-11-8-3)62(50)43-46/h12-21,23-38,41-43H,6-11,22,39-40H2,1-5H3. The highest BCUT2D eigenvalue weighted by atomic mass is 14.5. The summed E-state index contributed by atoms with van der Waals surface area (Å²) in [7, 11) is 0. The Labute approximate surface area is 403 Å². The van der Waals surface area contributed by atoms with E-state index in [1.807, 2.05) is 0 Å². The molecule has 0 heteroatoms. The van der Waals surface area contributed by atoms with Crippen molar-refractivity contribution in [3.8, 4) is 55.6 Å². The van der Waals surface area contributed by atoms with E-state index in [9.17, 15) is 0 Å². The summed E-state index contributed by atoms with van der Waals surface area (Å²) < 4.78 is 0. The molecule has 0 saturated carbocycles. The number of hydrogen-bond acceptors (Lipinski definition) is 0. The Morgan fingerprint density at radius 1 is 0.324 bits per heavy atom. The molecule has 68 heavy (non-hydrogen) atoms. The zero-order valence-corrected chi connectivity index (χ0v) is 40.6. The lowest BCUT2D eigenvalue weighted by molar-refractivity contribution is 0.414. The van der Waals surface area contributed by atoms with Crippen LogP contribution in [0.2, 0.25) is 0 Å². The van der Waals surface area contributed by atoms with Crippen LogP contribution in [0.4, 0.5) is 0 Å². The molecule has 0 aromatic heterocycles. The summed E-state index contributed by atoms with van der Waals surface area (Å²) in [5, 5.41) is 10.4. The summed E-state index contributed by atoms with van der Waals surface area (Å²) >= 11 is 0. The van der Waals surface area contributed by atoms with Gasteiger partial charge in [-0.1, -0.05) is 231 Å². The van der Waals surface area contributed by atoms with Crippen molar-refractivity contribution in [3.05, 3.63) is 204 Å². The van der Waals surface area contributed by atoms with Gasteiger partial charge in [-0.2, -0.15) is 0 Å². The number of benzene rings is 10. The molecule has 10 aromatic carbocycles. The molecule has 0 radical (unpaired) electrons. The minimum absolute atomic E-state index is 0.0232. The molecular formula is C68H62. The largest absolute Gasteiger partial charge is 0.0654 e. The van der Waals surface area contributed by atoms with Crippen LogP contribution in [0.5, 0.6) is 0 Å². The molecular weight excluding hydrogens is 817 g/mol. The van der Waals surface area contributed by atoms with Gasteiger partial charge < -0.3 is 0 Å². The summed E-state index contributed by atoms with van der Waals surface area (Å²) in [6.07, 6.45) is 10.8. The van der Waals surface area contributed by atoms with E-state index in [-0.39, 0.29) is 10.8 Å². The van der Waals surface area contributed by atoms with Gasteiger partial charge in [0.1, 0.15) is 0 Å². The summed E-state index contributed by atoms with van der Waals surface area (Å²) in [6, 6.07) is 68.5. The highest BCUT2D eigenvalue weighted by Crippen LogP contribution is 2.57. The third-order valence-corrected chi connectivity index (χ3v) is 16.4. The summed E-state index contributed by atoms with van der Waals surface area (Å²) in [5.74, 6) is 0. The van der Waals surface area contributed by atoms with E-state index in [0.717, 1.165) is 6.42 Å². The number of fused-ring (bicyclic) bond motifs is 10. The van der Waals surface area contributed by atoms with E-state index >= 15 is 0 Å². The van der Waals surface area contributed by atoms with Crippen molar-refractivity contribution in [3.63, 3.8) is 0 Å². The van der Waals surface area contributed by atoms with Crippen LogP contribution >= 0.6 is 0 Å². The topological polar surface area (TPSA) is 0 Å². The van der Waals surface area contributed by atoms with Gasteiger partial charge in [0, 0.05) is 10.8 Å². The van der Waals surface area contributed by atoms with Gasteiger partial charge in [0.2, 0.25) is 0 Å². The van der Waals surface area contributed by atoms with Crippen molar-refractivity contribution in [2.24, 2.45) is 0 Å². The predicted molar refractivity (Wildman–Crippen MR) is 294 cm³/mol. The fourth-order valence-electron chi connectivity index (χ4n) is 13.1. The average molecular weight is 879 g/mol. The molecule has 12 rings (SSSR count). The lowest BCUT2D eigenvalue weighted by Gasteiger charge is -2.33. The Balaban J connectivity index is 1.08. The summed E-state index contributed by atoms with van der Waals surface area (Å²) in [4.78, 5) is 0. The Morgan fingerprint density at radius 3 is 1.16 bits per heavy atom. The van der Waals surface area contributed by atoms with E-state index < -0.39 is 0 Å². The molecule has 0 aliphatic heterocycles. The second-order valence-corrected chi connectivity index (χ2v) is 20.6. The number of unbranched alkanes of at least 4 members (excludes halogenated alkanes) is 3. The van der Waals surface area contributed by atoms with E-state index in [2.05, 4.69) is 211 Å². The van der Waals surface area contributed by atoms with Crippen molar-refractivity contribution in [1.29, 1.82) is 0 Å². The second kappa shape index (κ2) is 16.8. The van der Waals surface area contributed by atoms with Gasteiger partial charge in [-0.15, -0.1) is 0 Å². The molecule has 0 heterocycles. The minimum Gasteiger partial charge on any atom is -0.0654 e. The van der Waals surface area contributed by atoms with E-state index in [0.29, 0.717) is 0 Å². The third-order valence-electron chi connectivity index (χ3n) is 16.4. The Bertz CT molecular complexity index is 3490. The highest BCUT2D eigenvalue weighted by molar-refractivity contribution is 6.30. The number of hydrogen-bond donors (Lipinski definition) is 0. The lowest BCUT2D eigenvalue weighted by atomic mass is 9.70. The Kier molecular flexibility index (Phi) is 10.5. The Morgan fingerprint density at radius 2 is 0.691 bits per heavy atom. The zero-order chi connectivity index (χ0) is 46.1. The van der Waals surface area contributed by atoms with Crippen molar-refractivity contribution >= 4 is 43.1 Å². The molecule has 2 aliphatic carbocycles. The molecule has 0 unspecified atom stereocenters. The van der Waals surface area contributed by atoms with Crippen LogP contribution in [-0.2, 0) is 17.3 Å². The van der Waals surface area contributed by atoms with Crippen LogP contribution in [0.1, 0.15) is 114 Å². The maximum Gasteiger partial charge on any atom is 0.0215 e. The molecule has 334 valence electrons. The fourth-order valence-corrected chi connectivity index (χ4v) is 13.1.